The molecule has 1 fully saturated rings. The minimum Gasteiger partial charge on any atom is -0.373 e. The van der Waals surface area contributed by atoms with Gasteiger partial charge < -0.3 is 10.1 Å². The average Bonchev–Trinajstić information content (AvgIpc) is 2.55. The molecule has 1 N–H and O–H groups in total. The molecular weight excluding hydrogens is 258 g/mol. The summed E-state index contributed by atoms with van der Waals surface area (Å²) in [5.74, 6) is 0. The molecule has 0 aromatic heterocycles. The molecule has 110 valence electrons. The Bertz CT molecular complexity index is 570. The molecule has 0 amide bonds. The maximum Gasteiger partial charge on any atom is 0.0726 e. The van der Waals surface area contributed by atoms with Crippen LogP contribution >= 0.6 is 0 Å². The minimum absolute atomic E-state index is 0.400. The van der Waals surface area contributed by atoms with Gasteiger partial charge in [0.1, 0.15) is 0 Å². The Balaban J connectivity index is 1.74. The van der Waals surface area contributed by atoms with E-state index < -0.39 is 0 Å². The van der Waals surface area contributed by atoms with Gasteiger partial charge in [-0.05, 0) is 49.5 Å². The van der Waals surface area contributed by atoms with Crippen LogP contribution in [0.5, 0.6) is 0 Å². The van der Waals surface area contributed by atoms with Crippen molar-refractivity contribution in [3.63, 3.8) is 0 Å². The summed E-state index contributed by atoms with van der Waals surface area (Å²) in [5.41, 5.74) is 5.12. The first-order valence-electron chi connectivity index (χ1n) is 7.80. The zero-order valence-electron chi connectivity index (χ0n) is 12.6. The molecule has 1 heterocycles. The number of piperidine rings is 1. The van der Waals surface area contributed by atoms with Gasteiger partial charge in [-0.1, -0.05) is 54.1 Å². The Morgan fingerprint density at radius 2 is 1.71 bits per heavy atom. The third kappa shape index (κ3) is 3.72. The van der Waals surface area contributed by atoms with Gasteiger partial charge in [-0.3, -0.25) is 0 Å². The average molecular weight is 281 g/mol. The second-order valence-corrected chi connectivity index (χ2v) is 5.78. The monoisotopic (exact) mass is 281 g/mol. The minimum atomic E-state index is 0.400. The van der Waals surface area contributed by atoms with Gasteiger partial charge in [-0.2, -0.15) is 0 Å². The highest BCUT2D eigenvalue weighted by atomic mass is 16.5. The van der Waals surface area contributed by atoms with E-state index in [0.29, 0.717) is 12.7 Å². The number of aryl methyl sites for hydroxylation is 1. The van der Waals surface area contributed by atoms with E-state index in [-0.39, 0.29) is 0 Å². The van der Waals surface area contributed by atoms with E-state index in [9.17, 15) is 0 Å². The molecule has 0 spiro atoms. The topological polar surface area (TPSA) is 21.3 Å². The maximum atomic E-state index is 6.11. The molecule has 1 aliphatic heterocycles. The summed E-state index contributed by atoms with van der Waals surface area (Å²) in [6.45, 7) is 4.97. The van der Waals surface area contributed by atoms with Crippen LogP contribution in [0.2, 0.25) is 0 Å². The van der Waals surface area contributed by atoms with Crippen molar-refractivity contribution in [3.8, 4) is 11.1 Å². The van der Waals surface area contributed by atoms with Crippen LogP contribution in [0.4, 0.5) is 0 Å². The van der Waals surface area contributed by atoms with Gasteiger partial charge in [0.05, 0.1) is 12.7 Å². The lowest BCUT2D eigenvalue weighted by Crippen LogP contribution is -2.32. The fraction of sp³-hybridized carbons (Fsp3) is 0.368. The Labute approximate surface area is 127 Å². The van der Waals surface area contributed by atoms with E-state index in [1.54, 1.807) is 0 Å². The highest BCUT2D eigenvalue weighted by Crippen LogP contribution is 2.25. The molecule has 2 nitrogen and oxygen atoms in total. The first-order chi connectivity index (χ1) is 10.3. The van der Waals surface area contributed by atoms with Gasteiger partial charge in [-0.25, -0.2) is 0 Å². The molecule has 3 rings (SSSR count). The Kier molecular flexibility index (Phi) is 4.69. The molecule has 0 saturated carbocycles. The Morgan fingerprint density at radius 1 is 1.00 bits per heavy atom. The van der Waals surface area contributed by atoms with E-state index >= 15 is 0 Å². The summed E-state index contributed by atoms with van der Waals surface area (Å²) in [4.78, 5) is 0. The largest absolute Gasteiger partial charge is 0.373 e. The summed E-state index contributed by atoms with van der Waals surface area (Å²) < 4.78 is 6.11. The summed E-state index contributed by atoms with van der Waals surface area (Å²) in [5, 5.41) is 3.38. The predicted octanol–water partition coefficient (Wildman–Crippen LogP) is 3.93. The number of hydrogen-bond acceptors (Lipinski definition) is 2. The summed E-state index contributed by atoms with van der Waals surface area (Å²) in [7, 11) is 0. The van der Waals surface area contributed by atoms with Crippen molar-refractivity contribution >= 4 is 0 Å². The lowest BCUT2D eigenvalue weighted by atomic mass is 9.99. The van der Waals surface area contributed by atoms with Gasteiger partial charge in [0.2, 0.25) is 0 Å². The lowest BCUT2D eigenvalue weighted by molar-refractivity contribution is 0.0214. The second kappa shape index (κ2) is 6.88. The Hall–Kier alpha value is -1.64. The van der Waals surface area contributed by atoms with E-state index in [1.807, 2.05) is 0 Å². The summed E-state index contributed by atoms with van der Waals surface area (Å²) in [6, 6.07) is 17.3. The number of ether oxygens (including phenoxy) is 1. The number of rotatable bonds is 4. The molecule has 0 atom stereocenters. The normalized spacial score (nSPS) is 16.0. The van der Waals surface area contributed by atoms with Crippen molar-refractivity contribution in [3.05, 3.63) is 59.7 Å². The smallest absolute Gasteiger partial charge is 0.0726 e. The molecule has 2 heteroatoms. The Morgan fingerprint density at radius 3 is 2.48 bits per heavy atom. The van der Waals surface area contributed by atoms with Crippen LogP contribution in [0.25, 0.3) is 11.1 Å². The third-order valence-corrected chi connectivity index (χ3v) is 4.14. The van der Waals surface area contributed by atoms with Crippen molar-refractivity contribution in [1.29, 1.82) is 0 Å². The molecule has 0 unspecified atom stereocenters. The molecule has 1 saturated heterocycles. The van der Waals surface area contributed by atoms with E-state index in [1.165, 1.54) is 22.3 Å². The molecule has 1 aliphatic rings. The molecule has 0 bridgehead atoms. The van der Waals surface area contributed by atoms with Gasteiger partial charge in [0, 0.05) is 0 Å². The predicted molar refractivity (Wildman–Crippen MR) is 87.3 cm³/mol. The third-order valence-electron chi connectivity index (χ3n) is 4.14. The van der Waals surface area contributed by atoms with Crippen LogP contribution in [0.1, 0.15) is 24.0 Å². The quantitative estimate of drug-likeness (QED) is 0.917. The van der Waals surface area contributed by atoms with Crippen molar-refractivity contribution in [2.24, 2.45) is 0 Å². The van der Waals surface area contributed by atoms with Crippen LogP contribution < -0.4 is 5.32 Å². The number of hydrogen-bond donors (Lipinski definition) is 1. The first kappa shape index (κ1) is 14.3. The van der Waals surface area contributed by atoms with E-state index in [0.717, 1.165) is 25.9 Å². The molecule has 0 radical (unpaired) electrons. The number of benzene rings is 2. The lowest BCUT2D eigenvalue weighted by Gasteiger charge is -2.23. The van der Waals surface area contributed by atoms with Crippen molar-refractivity contribution in [2.45, 2.75) is 32.5 Å². The van der Waals surface area contributed by atoms with Crippen LogP contribution in [0, 0.1) is 6.92 Å². The maximum absolute atomic E-state index is 6.11. The van der Waals surface area contributed by atoms with Crippen LogP contribution in [0.15, 0.2) is 48.5 Å². The molecule has 2 aromatic carbocycles. The van der Waals surface area contributed by atoms with Crippen LogP contribution in [-0.2, 0) is 11.3 Å². The van der Waals surface area contributed by atoms with E-state index in [2.05, 4.69) is 60.8 Å². The van der Waals surface area contributed by atoms with Crippen molar-refractivity contribution in [2.75, 3.05) is 13.1 Å². The van der Waals surface area contributed by atoms with Crippen molar-refractivity contribution in [1.82, 2.24) is 5.32 Å². The first-order valence-corrected chi connectivity index (χ1v) is 7.80. The van der Waals surface area contributed by atoms with Crippen LogP contribution in [0.3, 0.4) is 0 Å². The number of nitrogens with one attached hydrogen (secondary N) is 1. The molecule has 0 aliphatic carbocycles. The van der Waals surface area contributed by atoms with Gasteiger partial charge in [-0.15, -0.1) is 0 Å². The standard InChI is InChI=1S/C19H23NO/c1-15-6-8-16(9-7-15)19-5-3-2-4-17(19)14-21-18-10-12-20-13-11-18/h2-9,18,20H,10-14H2,1H3. The molecular formula is C19H23NO. The fourth-order valence-corrected chi connectivity index (χ4v) is 2.83. The van der Waals surface area contributed by atoms with E-state index in [4.69, 9.17) is 4.74 Å². The summed E-state index contributed by atoms with van der Waals surface area (Å²) in [6.07, 6.45) is 2.64. The zero-order valence-corrected chi connectivity index (χ0v) is 12.6. The molecule has 21 heavy (non-hydrogen) atoms. The highest BCUT2D eigenvalue weighted by Gasteiger charge is 2.14. The highest BCUT2D eigenvalue weighted by molar-refractivity contribution is 5.67. The zero-order chi connectivity index (χ0) is 14.5. The van der Waals surface area contributed by atoms with Crippen LogP contribution in [-0.4, -0.2) is 19.2 Å². The van der Waals surface area contributed by atoms with Gasteiger partial charge in [0.15, 0.2) is 0 Å². The van der Waals surface area contributed by atoms with Crippen molar-refractivity contribution < 1.29 is 4.74 Å². The fourth-order valence-electron chi connectivity index (χ4n) is 2.83. The van der Waals surface area contributed by atoms with Gasteiger partial charge in [0.25, 0.3) is 0 Å². The van der Waals surface area contributed by atoms with Gasteiger partial charge >= 0.3 is 0 Å². The molecule has 2 aromatic rings. The summed E-state index contributed by atoms with van der Waals surface area (Å²) >= 11 is 0. The second-order valence-electron chi connectivity index (χ2n) is 5.78. The SMILES string of the molecule is Cc1ccc(-c2ccccc2COC2CCNCC2)cc1.